The van der Waals surface area contributed by atoms with Crippen LogP contribution in [0.15, 0.2) is 54.0 Å². The zero-order valence-electron chi connectivity index (χ0n) is 21.8. The highest BCUT2D eigenvalue weighted by Gasteiger charge is 2.54. The van der Waals surface area contributed by atoms with E-state index in [9.17, 15) is 39.3 Å². The average molecular weight is 620 g/mol. The fourth-order valence-corrected chi connectivity index (χ4v) is 7.23. The molecular weight excluding hydrogens is 598 g/mol. The van der Waals surface area contributed by atoms with Crippen molar-refractivity contribution in [3.8, 4) is 11.5 Å². The molecular formula is C30H22BrNO9. The minimum atomic E-state index is -1.95. The van der Waals surface area contributed by atoms with Gasteiger partial charge in [-0.3, -0.25) is 24.0 Å². The second-order valence-electron chi connectivity index (χ2n) is 10.2. The van der Waals surface area contributed by atoms with Crippen LogP contribution in [-0.2, 0) is 18.3 Å². The summed E-state index contributed by atoms with van der Waals surface area (Å²) >= 11 is 3.56. The molecule has 1 amide bonds. The zero-order valence-corrected chi connectivity index (χ0v) is 23.3. The molecule has 6 rings (SSSR count). The summed E-state index contributed by atoms with van der Waals surface area (Å²) in [6, 6.07) is 0.437. The summed E-state index contributed by atoms with van der Waals surface area (Å²) in [6.07, 6.45) is 7.72. The van der Waals surface area contributed by atoms with Crippen molar-refractivity contribution in [2.24, 2.45) is 0 Å². The largest absolute Gasteiger partial charge is 0.510 e. The van der Waals surface area contributed by atoms with E-state index >= 15 is 0 Å². The molecule has 1 spiro atoms. The number of carbonyl (C=O) groups is 1. The number of hydrogen-bond donors (Lipinski definition) is 4. The van der Waals surface area contributed by atoms with E-state index in [0.29, 0.717) is 22.0 Å². The maximum absolute atomic E-state index is 13.6. The second-order valence-corrected chi connectivity index (χ2v) is 11.0. The lowest BCUT2D eigenvalue weighted by Gasteiger charge is -2.31. The first-order valence-corrected chi connectivity index (χ1v) is 13.5. The number of allylic oxidation sites excluding steroid dienone is 3. The summed E-state index contributed by atoms with van der Waals surface area (Å²) in [5.41, 5.74) is -5.19. The van der Waals surface area contributed by atoms with Crippen LogP contribution in [0.5, 0.6) is 11.5 Å². The van der Waals surface area contributed by atoms with E-state index in [2.05, 4.69) is 21.2 Å². The Morgan fingerprint density at radius 3 is 2.24 bits per heavy atom. The van der Waals surface area contributed by atoms with Gasteiger partial charge < -0.3 is 25.4 Å². The number of carbonyl (C=O) groups excluding carboxylic acids is 1. The summed E-state index contributed by atoms with van der Waals surface area (Å²) < 4.78 is 5.40. The molecule has 0 radical (unpaired) electrons. The molecule has 5 aliphatic rings. The van der Waals surface area contributed by atoms with Crippen molar-refractivity contribution in [2.75, 3.05) is 7.11 Å². The molecule has 0 aromatic heterocycles. The van der Waals surface area contributed by atoms with Crippen LogP contribution >= 0.6 is 15.9 Å². The van der Waals surface area contributed by atoms with Gasteiger partial charge in [-0.1, -0.05) is 40.2 Å². The topological polar surface area (TPSA) is 167 Å². The molecule has 0 saturated heterocycles. The Bertz CT molecular complexity index is 2210. The molecule has 0 bridgehead atoms. The molecule has 1 heterocycles. The second kappa shape index (κ2) is 9.00. The Balaban J connectivity index is 1.70. The number of aromatic hydroxyl groups is 1. The van der Waals surface area contributed by atoms with E-state index in [0.717, 1.165) is 13.2 Å². The number of fused-ring (bicyclic) bond motifs is 4. The predicted molar refractivity (Wildman–Crippen MR) is 152 cm³/mol. The molecule has 1 aliphatic heterocycles. The van der Waals surface area contributed by atoms with Crippen LogP contribution in [0.25, 0.3) is 11.5 Å². The third-order valence-electron chi connectivity index (χ3n) is 8.27. The normalized spacial score (nSPS) is 21.2. The van der Waals surface area contributed by atoms with E-state index in [-0.39, 0.29) is 30.0 Å². The lowest BCUT2D eigenvalue weighted by molar-refractivity contribution is 0.0930. The maximum Gasteiger partial charge on any atom is 0.255 e. The van der Waals surface area contributed by atoms with E-state index < -0.39 is 76.9 Å². The third kappa shape index (κ3) is 3.26. The smallest absolute Gasteiger partial charge is 0.255 e. The summed E-state index contributed by atoms with van der Waals surface area (Å²) in [7, 11) is 1.13. The number of methoxy groups -OCH3 is 1. The third-order valence-corrected chi connectivity index (χ3v) is 9.23. The monoisotopic (exact) mass is 619 g/mol. The molecule has 0 fully saturated rings. The lowest BCUT2D eigenvalue weighted by Crippen LogP contribution is -2.51. The molecule has 0 saturated carbocycles. The number of phenols is 1. The predicted octanol–water partition coefficient (Wildman–Crippen LogP) is 0.221. The summed E-state index contributed by atoms with van der Waals surface area (Å²) in [4.78, 5) is 66.1. The van der Waals surface area contributed by atoms with Gasteiger partial charge >= 0.3 is 0 Å². The van der Waals surface area contributed by atoms with Gasteiger partial charge in [0.05, 0.1) is 39.6 Å². The number of ether oxygens (including phenoxy) is 1. The average Bonchev–Trinajstić information content (AvgIpc) is 3.45. The Labute approximate surface area is 238 Å². The van der Waals surface area contributed by atoms with Crippen LogP contribution in [0.4, 0.5) is 0 Å². The number of hydrogen-bond acceptors (Lipinski definition) is 9. The molecule has 208 valence electrons. The van der Waals surface area contributed by atoms with Crippen molar-refractivity contribution in [3.05, 3.63) is 119 Å². The van der Waals surface area contributed by atoms with Crippen LogP contribution in [-0.4, -0.2) is 34.4 Å². The first kappa shape index (κ1) is 26.7. The fraction of sp³-hybridized carbons (Fsp3) is 0.233. The highest BCUT2D eigenvalue weighted by molar-refractivity contribution is 9.10. The maximum atomic E-state index is 13.6. The first-order valence-electron chi connectivity index (χ1n) is 12.7. The van der Waals surface area contributed by atoms with Crippen LogP contribution in [0.1, 0.15) is 40.4 Å². The van der Waals surface area contributed by atoms with E-state index in [1.165, 1.54) is 0 Å². The summed E-state index contributed by atoms with van der Waals surface area (Å²) in [6.45, 7) is 1.86. The van der Waals surface area contributed by atoms with Gasteiger partial charge in [-0.15, -0.1) is 0 Å². The molecule has 10 nitrogen and oxygen atoms in total. The SMILES string of the molecule is C/C=C/C=C/C1Cc2c(Br)c3c(c(O)c2C(=O)N1)C1(CC3)C(O)=c2c(=O)c3c(=O)cc(OC)c(=O)c=3c(=O)c2=C1O. The Morgan fingerprint density at radius 2 is 1.61 bits per heavy atom. The van der Waals surface area contributed by atoms with Crippen molar-refractivity contribution in [1.29, 1.82) is 0 Å². The Kier molecular flexibility index (Phi) is 5.86. The Morgan fingerprint density at radius 1 is 0.951 bits per heavy atom. The number of halogens is 1. The summed E-state index contributed by atoms with van der Waals surface area (Å²) in [5.74, 6) is -3.01. The van der Waals surface area contributed by atoms with Crippen LogP contribution in [0.2, 0.25) is 0 Å². The van der Waals surface area contributed by atoms with Crippen molar-refractivity contribution in [2.45, 2.75) is 37.6 Å². The van der Waals surface area contributed by atoms with Gasteiger partial charge in [-0.2, -0.15) is 0 Å². The van der Waals surface area contributed by atoms with Crippen molar-refractivity contribution >= 4 is 33.4 Å². The number of benzene rings is 1. The molecule has 1 aromatic rings. The highest BCUT2D eigenvalue weighted by atomic mass is 79.9. The molecule has 4 N–H and O–H groups in total. The van der Waals surface area contributed by atoms with E-state index in [4.69, 9.17) is 4.74 Å². The van der Waals surface area contributed by atoms with Gasteiger partial charge in [0, 0.05) is 16.1 Å². The van der Waals surface area contributed by atoms with Crippen LogP contribution in [0, 0.1) is 10.4 Å². The van der Waals surface area contributed by atoms with Gasteiger partial charge in [-0.05, 0) is 37.3 Å². The fourth-order valence-electron chi connectivity index (χ4n) is 6.47. The number of rotatable bonds is 3. The minimum Gasteiger partial charge on any atom is -0.510 e. The van der Waals surface area contributed by atoms with Gasteiger partial charge in [0.2, 0.25) is 16.3 Å². The number of nitrogens with one attached hydrogen (secondary N) is 1. The Hall–Kier alpha value is -4.51. The number of aliphatic hydroxyl groups is 2. The molecule has 2 unspecified atom stereocenters. The summed E-state index contributed by atoms with van der Waals surface area (Å²) in [5, 5.41) is 34.8. The number of phenolic OH excluding ortho intramolecular Hbond substituents is 1. The number of amides is 1. The van der Waals surface area contributed by atoms with Crippen molar-refractivity contribution < 1.29 is 24.9 Å². The highest BCUT2D eigenvalue weighted by Crippen LogP contribution is 2.56. The van der Waals surface area contributed by atoms with E-state index in [1.54, 1.807) is 6.08 Å². The van der Waals surface area contributed by atoms with Crippen LogP contribution in [0.3, 0.4) is 0 Å². The van der Waals surface area contributed by atoms with Gasteiger partial charge in [-0.25, -0.2) is 0 Å². The number of aliphatic hydroxyl groups excluding tert-OH is 2. The zero-order chi connectivity index (χ0) is 29.5. The van der Waals surface area contributed by atoms with E-state index in [1.807, 2.05) is 25.2 Å². The first-order chi connectivity index (χ1) is 19.5. The molecule has 4 aliphatic carbocycles. The van der Waals surface area contributed by atoms with Gasteiger partial charge in [0.1, 0.15) is 22.7 Å². The molecule has 2 atom stereocenters. The molecule has 11 heteroatoms. The van der Waals surface area contributed by atoms with Crippen molar-refractivity contribution in [1.82, 2.24) is 5.32 Å². The van der Waals surface area contributed by atoms with Gasteiger partial charge in [0.25, 0.3) is 5.91 Å². The van der Waals surface area contributed by atoms with Gasteiger partial charge in [0.15, 0.2) is 11.2 Å². The van der Waals surface area contributed by atoms with Crippen molar-refractivity contribution in [3.63, 3.8) is 0 Å². The molecule has 1 aromatic carbocycles. The van der Waals surface area contributed by atoms with Crippen LogP contribution < -0.4 is 42.2 Å². The minimum absolute atomic E-state index is 0.0301. The molecule has 41 heavy (non-hydrogen) atoms. The lowest BCUT2D eigenvalue weighted by atomic mass is 9.77. The quantitative estimate of drug-likeness (QED) is 0.300. The standard InChI is InChI=1S/C30H22BrNO9/c1-3-4-5-6-11-9-13-16(29(40)32-11)26(37)21-12(22(13)31)7-8-30(21)27(38)19-20(28(30)39)25(36)18-17(24(19)35)14(33)10-15(41-2)23(18)34/h3-6,10-11,37-39H,7-9H2,1-2H3,(H,32,40)/b4-3+,6-5+.